The molecule has 0 unspecified atom stereocenters. The molecule has 186 valence electrons. The van der Waals surface area contributed by atoms with Crippen molar-refractivity contribution in [1.29, 1.82) is 0 Å². The van der Waals surface area contributed by atoms with E-state index >= 15 is 0 Å². The van der Waals surface area contributed by atoms with Crippen LogP contribution in [0.15, 0.2) is 66.7 Å². The van der Waals surface area contributed by atoms with Gasteiger partial charge in [0.15, 0.2) is 11.6 Å². The number of alkyl halides is 3. The molecule has 1 N–H and O–H groups in total. The van der Waals surface area contributed by atoms with Gasteiger partial charge in [-0.25, -0.2) is 0 Å². The number of carbonyl (C=O) groups is 2. The maximum atomic E-state index is 13.3. The third kappa shape index (κ3) is 4.62. The number of benzene rings is 2. The average Bonchev–Trinajstić information content (AvgIpc) is 3.71. The third-order valence-electron chi connectivity index (χ3n) is 6.76. The molecular formula is C26H24F3N5O2. The molecule has 2 fully saturated rings. The van der Waals surface area contributed by atoms with Gasteiger partial charge in [0.05, 0.1) is 16.5 Å². The van der Waals surface area contributed by atoms with Gasteiger partial charge in [-0.1, -0.05) is 42.5 Å². The highest BCUT2D eigenvalue weighted by atomic mass is 19.4. The number of piperazine rings is 1. The molecule has 0 bridgehead atoms. The minimum absolute atomic E-state index is 0.109. The lowest BCUT2D eigenvalue weighted by atomic mass is 9.95. The number of amides is 2. The molecule has 5 rings (SSSR count). The first-order valence-electron chi connectivity index (χ1n) is 11.7. The molecule has 36 heavy (non-hydrogen) atoms. The Morgan fingerprint density at radius 2 is 1.50 bits per heavy atom. The van der Waals surface area contributed by atoms with Gasteiger partial charge < -0.3 is 15.1 Å². The van der Waals surface area contributed by atoms with E-state index in [4.69, 9.17) is 0 Å². The highest BCUT2D eigenvalue weighted by molar-refractivity contribution is 6.00. The van der Waals surface area contributed by atoms with Crippen LogP contribution in [0.2, 0.25) is 0 Å². The van der Waals surface area contributed by atoms with Gasteiger partial charge in [0.25, 0.3) is 5.91 Å². The van der Waals surface area contributed by atoms with Crippen molar-refractivity contribution in [1.82, 2.24) is 15.1 Å². The Balaban J connectivity index is 1.19. The monoisotopic (exact) mass is 495 g/mol. The largest absolute Gasteiger partial charge is 0.417 e. The molecule has 1 aromatic heterocycles. The van der Waals surface area contributed by atoms with Gasteiger partial charge in [0, 0.05) is 26.2 Å². The summed E-state index contributed by atoms with van der Waals surface area (Å²) in [6.07, 6.45) is -3.03. The van der Waals surface area contributed by atoms with Gasteiger partial charge in [0.2, 0.25) is 5.91 Å². The predicted molar refractivity (Wildman–Crippen MR) is 128 cm³/mol. The summed E-state index contributed by atoms with van der Waals surface area (Å²) >= 11 is 0. The number of carbonyl (C=O) groups excluding carboxylic acids is 2. The minimum Gasteiger partial charge on any atom is -0.352 e. The van der Waals surface area contributed by atoms with Crippen LogP contribution in [0.1, 0.15) is 34.3 Å². The van der Waals surface area contributed by atoms with Crippen molar-refractivity contribution in [2.24, 2.45) is 0 Å². The SMILES string of the molecule is O=C(c1ccccc1C(F)(F)F)N1CCN(c2ccc(NC(=O)C3(c4ccccc4)CC3)nn2)CC1. The van der Waals surface area contributed by atoms with Crippen molar-refractivity contribution >= 4 is 23.5 Å². The van der Waals surface area contributed by atoms with Crippen molar-refractivity contribution in [3.8, 4) is 0 Å². The number of hydrogen-bond acceptors (Lipinski definition) is 5. The smallest absolute Gasteiger partial charge is 0.352 e. The van der Waals surface area contributed by atoms with Crippen LogP contribution in [-0.2, 0) is 16.4 Å². The number of anilines is 2. The number of halogens is 3. The number of rotatable bonds is 5. The summed E-state index contributed by atoms with van der Waals surface area (Å²) in [7, 11) is 0. The summed E-state index contributed by atoms with van der Waals surface area (Å²) < 4.78 is 39.9. The standard InChI is InChI=1S/C26H24F3N5O2/c27-26(28,29)20-9-5-4-8-19(20)23(35)34-16-14-33(15-17-34)22-11-10-21(31-32-22)30-24(36)25(12-13-25)18-6-2-1-3-7-18/h1-11H,12-17H2,(H,30,31,36). The second-order valence-electron chi connectivity index (χ2n) is 9.00. The summed E-state index contributed by atoms with van der Waals surface area (Å²) in [6.45, 7) is 1.31. The van der Waals surface area contributed by atoms with Crippen LogP contribution in [0.3, 0.4) is 0 Å². The summed E-state index contributed by atoms with van der Waals surface area (Å²) in [6, 6.07) is 17.9. The summed E-state index contributed by atoms with van der Waals surface area (Å²) in [5.74, 6) is 0.171. The van der Waals surface area contributed by atoms with E-state index in [0.29, 0.717) is 24.7 Å². The van der Waals surface area contributed by atoms with E-state index in [2.05, 4.69) is 15.5 Å². The van der Waals surface area contributed by atoms with E-state index in [9.17, 15) is 22.8 Å². The van der Waals surface area contributed by atoms with E-state index in [0.717, 1.165) is 24.5 Å². The van der Waals surface area contributed by atoms with E-state index in [1.54, 1.807) is 12.1 Å². The van der Waals surface area contributed by atoms with Crippen molar-refractivity contribution in [3.63, 3.8) is 0 Å². The molecule has 0 spiro atoms. The normalized spacial score (nSPS) is 17.0. The van der Waals surface area contributed by atoms with Crippen molar-refractivity contribution in [3.05, 3.63) is 83.4 Å². The molecular weight excluding hydrogens is 471 g/mol. The van der Waals surface area contributed by atoms with Crippen LogP contribution in [0.4, 0.5) is 24.8 Å². The van der Waals surface area contributed by atoms with Crippen molar-refractivity contribution in [2.45, 2.75) is 24.4 Å². The number of hydrogen-bond donors (Lipinski definition) is 1. The Kier molecular flexibility index (Phi) is 6.11. The molecule has 10 heteroatoms. The third-order valence-corrected chi connectivity index (χ3v) is 6.76. The lowest BCUT2D eigenvalue weighted by molar-refractivity contribution is -0.138. The fourth-order valence-electron chi connectivity index (χ4n) is 4.55. The molecule has 7 nitrogen and oxygen atoms in total. The zero-order valence-electron chi connectivity index (χ0n) is 19.3. The quantitative estimate of drug-likeness (QED) is 0.576. The van der Waals surface area contributed by atoms with Crippen LogP contribution in [-0.4, -0.2) is 53.1 Å². The number of nitrogens with zero attached hydrogens (tertiary/aromatic N) is 4. The summed E-state index contributed by atoms with van der Waals surface area (Å²) in [5.41, 5.74) is -0.810. The average molecular weight is 496 g/mol. The number of aromatic nitrogens is 2. The molecule has 3 aromatic rings. The van der Waals surface area contributed by atoms with Gasteiger partial charge in [-0.05, 0) is 42.7 Å². The number of nitrogens with one attached hydrogen (secondary N) is 1. The molecule has 2 heterocycles. The molecule has 1 saturated carbocycles. The van der Waals surface area contributed by atoms with Gasteiger partial charge in [-0.2, -0.15) is 13.2 Å². The molecule has 0 atom stereocenters. The summed E-state index contributed by atoms with van der Waals surface area (Å²) in [4.78, 5) is 29.0. The maximum absolute atomic E-state index is 13.3. The van der Waals surface area contributed by atoms with Crippen molar-refractivity contribution < 1.29 is 22.8 Å². The highest BCUT2D eigenvalue weighted by Gasteiger charge is 2.51. The van der Waals surface area contributed by atoms with Crippen LogP contribution in [0.5, 0.6) is 0 Å². The van der Waals surface area contributed by atoms with E-state index in [1.807, 2.05) is 35.2 Å². The first-order chi connectivity index (χ1) is 17.3. The fourth-order valence-corrected chi connectivity index (χ4v) is 4.55. The predicted octanol–water partition coefficient (Wildman–Crippen LogP) is 4.13. The lowest BCUT2D eigenvalue weighted by Gasteiger charge is -2.35. The van der Waals surface area contributed by atoms with Crippen LogP contribution in [0, 0.1) is 0 Å². The minimum atomic E-state index is -4.60. The van der Waals surface area contributed by atoms with E-state index in [-0.39, 0.29) is 24.6 Å². The second kappa shape index (κ2) is 9.25. The van der Waals surface area contributed by atoms with Crippen LogP contribution >= 0.6 is 0 Å². The molecule has 1 aliphatic carbocycles. The Bertz CT molecular complexity index is 1250. The van der Waals surface area contributed by atoms with Crippen LogP contribution < -0.4 is 10.2 Å². The van der Waals surface area contributed by atoms with E-state index in [1.165, 1.54) is 23.1 Å². The van der Waals surface area contributed by atoms with Gasteiger partial charge in [0.1, 0.15) is 0 Å². The van der Waals surface area contributed by atoms with Gasteiger partial charge >= 0.3 is 6.18 Å². The van der Waals surface area contributed by atoms with Crippen molar-refractivity contribution in [2.75, 3.05) is 36.4 Å². The lowest BCUT2D eigenvalue weighted by Crippen LogP contribution is -2.49. The topological polar surface area (TPSA) is 78.4 Å². The molecule has 2 aliphatic rings. The Morgan fingerprint density at radius 1 is 0.833 bits per heavy atom. The zero-order valence-corrected chi connectivity index (χ0v) is 19.3. The highest BCUT2D eigenvalue weighted by Crippen LogP contribution is 2.48. The molecule has 1 saturated heterocycles. The Hall–Kier alpha value is -3.95. The Labute approximate surface area is 205 Å². The van der Waals surface area contributed by atoms with E-state index < -0.39 is 23.1 Å². The molecule has 1 aliphatic heterocycles. The fraction of sp³-hybridized carbons (Fsp3) is 0.308. The molecule has 2 amide bonds. The molecule has 2 aromatic carbocycles. The Morgan fingerprint density at radius 3 is 2.11 bits per heavy atom. The summed E-state index contributed by atoms with van der Waals surface area (Å²) in [5, 5.41) is 11.2. The van der Waals surface area contributed by atoms with Gasteiger partial charge in [-0.15, -0.1) is 10.2 Å². The zero-order chi connectivity index (χ0) is 25.3. The van der Waals surface area contributed by atoms with Crippen LogP contribution in [0.25, 0.3) is 0 Å². The first-order valence-corrected chi connectivity index (χ1v) is 11.7. The maximum Gasteiger partial charge on any atom is 0.417 e. The second-order valence-corrected chi connectivity index (χ2v) is 9.00. The molecule has 0 radical (unpaired) electrons. The van der Waals surface area contributed by atoms with Gasteiger partial charge in [-0.3, -0.25) is 9.59 Å². The first kappa shape index (κ1) is 23.8.